The number of aryl methyl sites for hydroxylation is 1. The van der Waals surface area contributed by atoms with Gasteiger partial charge in [-0.1, -0.05) is 0 Å². The molecule has 1 aromatic carbocycles. The van der Waals surface area contributed by atoms with Crippen LogP contribution in [0.2, 0.25) is 0 Å². The van der Waals surface area contributed by atoms with Crippen LogP contribution in [-0.2, 0) is 14.3 Å². The molecule has 0 N–H and O–H groups in total. The number of esters is 1. The quantitative estimate of drug-likeness (QED) is 0.649. The summed E-state index contributed by atoms with van der Waals surface area (Å²) in [7, 11) is 0. The van der Waals surface area contributed by atoms with Gasteiger partial charge in [-0.05, 0) is 53.0 Å². The molecule has 2 heterocycles. The van der Waals surface area contributed by atoms with E-state index in [1.54, 1.807) is 13.8 Å². The van der Waals surface area contributed by atoms with Gasteiger partial charge in [0.25, 0.3) is 0 Å². The molecule has 1 saturated carbocycles. The predicted octanol–water partition coefficient (Wildman–Crippen LogP) is 4.51. The first-order valence-electron chi connectivity index (χ1n) is 10.5. The Balaban J connectivity index is 2.01. The Morgan fingerprint density at radius 2 is 1.84 bits per heavy atom. The van der Waals surface area contributed by atoms with Gasteiger partial charge in [0, 0.05) is 29.0 Å². The molecule has 0 radical (unpaired) electrons. The summed E-state index contributed by atoms with van der Waals surface area (Å²) in [5.74, 6) is -5.36. The van der Waals surface area contributed by atoms with Crippen molar-refractivity contribution in [2.45, 2.75) is 59.0 Å². The second kappa shape index (κ2) is 8.07. The Hall–Kier alpha value is -3.16. The summed E-state index contributed by atoms with van der Waals surface area (Å²) < 4.78 is 40.5. The van der Waals surface area contributed by atoms with Gasteiger partial charge < -0.3 is 9.15 Å². The van der Waals surface area contributed by atoms with Crippen LogP contribution in [0.1, 0.15) is 57.3 Å². The van der Waals surface area contributed by atoms with Gasteiger partial charge in [0.1, 0.15) is 28.6 Å². The molecule has 1 fully saturated rings. The number of benzene rings is 1. The van der Waals surface area contributed by atoms with Crippen molar-refractivity contribution >= 4 is 28.4 Å². The Morgan fingerprint density at radius 1 is 1.16 bits per heavy atom. The van der Waals surface area contributed by atoms with Crippen molar-refractivity contribution in [1.82, 2.24) is 0 Å². The number of Topliss-reactive ketones (excluding diaryl/α,β-unsaturated/α-hetero) is 1. The molecule has 2 aliphatic rings. The van der Waals surface area contributed by atoms with Crippen LogP contribution < -0.4 is 5.43 Å². The van der Waals surface area contributed by atoms with Crippen molar-refractivity contribution in [3.63, 3.8) is 0 Å². The van der Waals surface area contributed by atoms with Crippen molar-refractivity contribution in [2.24, 2.45) is 10.9 Å². The standard InChI is InChI=1S/C24H23F2NO5/c1-10-8-17(29)21-22(26)16(25)9-15(23(21)31-10)20-18(13(4)28)11(2)27-12(3)19(20)24(30)32-14-6-5-7-14/h8-9,14,18,20H,5-7H2,1-4H3. The zero-order chi connectivity index (χ0) is 23.3. The SMILES string of the molecule is CC(=O)C1C(C)=NC(C)=C(C(=O)OC2CCC2)C1c1cc(F)c(F)c2c(=O)cc(C)oc12. The summed E-state index contributed by atoms with van der Waals surface area (Å²) in [4.78, 5) is 42.7. The number of carbonyl (C=O) groups is 2. The maximum atomic E-state index is 14.7. The second-order valence-corrected chi connectivity index (χ2v) is 8.46. The van der Waals surface area contributed by atoms with Gasteiger partial charge >= 0.3 is 5.97 Å². The van der Waals surface area contributed by atoms with Gasteiger partial charge in [-0.25, -0.2) is 13.6 Å². The van der Waals surface area contributed by atoms with Crippen LogP contribution in [0.4, 0.5) is 8.78 Å². The number of nitrogens with zero attached hydrogens (tertiary/aromatic N) is 1. The molecule has 2 atom stereocenters. The summed E-state index contributed by atoms with van der Waals surface area (Å²) in [5, 5.41) is -0.558. The van der Waals surface area contributed by atoms with E-state index in [0.717, 1.165) is 31.4 Å². The van der Waals surface area contributed by atoms with Crippen LogP contribution in [0.3, 0.4) is 0 Å². The molecule has 0 amide bonds. The summed E-state index contributed by atoms with van der Waals surface area (Å²) in [6, 6.07) is 1.96. The number of allylic oxidation sites excluding steroid dienone is 1. The Labute approximate surface area is 183 Å². The zero-order valence-electron chi connectivity index (χ0n) is 18.3. The molecule has 2 aromatic rings. The zero-order valence-corrected chi connectivity index (χ0v) is 18.3. The van der Waals surface area contributed by atoms with Gasteiger partial charge in [-0.15, -0.1) is 0 Å². The molecule has 4 rings (SSSR count). The number of hydrogen-bond donors (Lipinski definition) is 0. The fourth-order valence-corrected chi connectivity index (χ4v) is 4.51. The maximum absolute atomic E-state index is 14.7. The predicted molar refractivity (Wildman–Crippen MR) is 114 cm³/mol. The lowest BCUT2D eigenvalue weighted by molar-refractivity contribution is -0.148. The molecular formula is C24H23F2NO5. The van der Waals surface area contributed by atoms with Gasteiger partial charge in [0.05, 0.1) is 11.5 Å². The number of ketones is 1. The molecule has 0 saturated heterocycles. The minimum absolute atomic E-state index is 0.0362. The number of rotatable bonds is 4. The summed E-state index contributed by atoms with van der Waals surface area (Å²) in [6.45, 7) is 6.10. The van der Waals surface area contributed by atoms with E-state index in [4.69, 9.17) is 9.15 Å². The summed E-state index contributed by atoms with van der Waals surface area (Å²) in [6.07, 6.45) is 2.20. The third-order valence-corrected chi connectivity index (χ3v) is 6.19. The van der Waals surface area contributed by atoms with Crippen LogP contribution >= 0.6 is 0 Å². The summed E-state index contributed by atoms with van der Waals surface area (Å²) >= 11 is 0. The maximum Gasteiger partial charge on any atom is 0.336 e. The first-order valence-corrected chi connectivity index (χ1v) is 10.5. The van der Waals surface area contributed by atoms with Gasteiger partial charge in [-0.2, -0.15) is 0 Å². The van der Waals surface area contributed by atoms with E-state index in [0.29, 0.717) is 11.4 Å². The highest BCUT2D eigenvalue weighted by molar-refractivity contribution is 6.09. The average molecular weight is 443 g/mol. The van der Waals surface area contributed by atoms with Crippen LogP contribution in [0.15, 0.2) is 37.6 Å². The average Bonchev–Trinajstić information content (AvgIpc) is 2.65. The molecule has 0 bridgehead atoms. The van der Waals surface area contributed by atoms with Gasteiger partial charge in [-0.3, -0.25) is 14.6 Å². The highest BCUT2D eigenvalue weighted by Crippen LogP contribution is 2.43. The second-order valence-electron chi connectivity index (χ2n) is 8.46. The van der Waals surface area contributed by atoms with Gasteiger partial charge in [0.2, 0.25) is 0 Å². The molecule has 6 nitrogen and oxygen atoms in total. The molecule has 1 aliphatic carbocycles. The van der Waals surface area contributed by atoms with E-state index in [9.17, 15) is 23.2 Å². The monoisotopic (exact) mass is 443 g/mol. The molecule has 0 spiro atoms. The molecule has 2 unspecified atom stereocenters. The fraction of sp³-hybridized carbons (Fsp3) is 0.417. The van der Waals surface area contributed by atoms with Gasteiger partial charge in [0.15, 0.2) is 17.1 Å². The number of carbonyl (C=O) groups excluding carboxylic acids is 2. The molecule has 168 valence electrons. The molecule has 1 aromatic heterocycles. The normalized spacial score (nSPS) is 21.4. The molecule has 8 heteroatoms. The first-order chi connectivity index (χ1) is 15.1. The highest BCUT2D eigenvalue weighted by atomic mass is 19.2. The minimum Gasteiger partial charge on any atom is -0.461 e. The van der Waals surface area contributed by atoms with E-state index >= 15 is 0 Å². The van der Waals surface area contributed by atoms with Crippen LogP contribution in [0, 0.1) is 24.5 Å². The fourth-order valence-electron chi connectivity index (χ4n) is 4.51. The van der Waals surface area contributed by atoms with Crippen molar-refractivity contribution in [3.8, 4) is 0 Å². The Bertz CT molecular complexity index is 1270. The van der Waals surface area contributed by atoms with E-state index in [1.807, 2.05) is 0 Å². The largest absolute Gasteiger partial charge is 0.461 e. The van der Waals surface area contributed by atoms with Crippen molar-refractivity contribution < 1.29 is 27.5 Å². The Kier molecular flexibility index (Phi) is 5.56. The number of aliphatic imine (C=N–C) groups is 1. The van der Waals surface area contributed by atoms with Crippen molar-refractivity contribution in [2.75, 3.05) is 0 Å². The molecule has 1 aliphatic heterocycles. The molecule has 32 heavy (non-hydrogen) atoms. The molecular weight excluding hydrogens is 420 g/mol. The number of fused-ring (bicyclic) bond motifs is 1. The lowest BCUT2D eigenvalue weighted by Crippen LogP contribution is -2.36. The first kappa shape index (κ1) is 22.0. The summed E-state index contributed by atoms with van der Waals surface area (Å²) in [5.41, 5.74) is -0.0769. The number of hydrogen-bond acceptors (Lipinski definition) is 6. The van der Waals surface area contributed by atoms with E-state index < -0.39 is 40.3 Å². The number of ether oxygens (including phenoxy) is 1. The van der Waals surface area contributed by atoms with Crippen LogP contribution in [-0.4, -0.2) is 23.6 Å². The number of halogens is 2. The smallest absolute Gasteiger partial charge is 0.336 e. The van der Waals surface area contributed by atoms with Crippen LogP contribution in [0.5, 0.6) is 0 Å². The van der Waals surface area contributed by atoms with Crippen molar-refractivity contribution in [1.29, 1.82) is 0 Å². The van der Waals surface area contributed by atoms with Crippen molar-refractivity contribution in [3.05, 3.63) is 56.6 Å². The Morgan fingerprint density at radius 3 is 2.44 bits per heavy atom. The minimum atomic E-state index is -1.34. The lowest BCUT2D eigenvalue weighted by atomic mass is 9.73. The lowest BCUT2D eigenvalue weighted by Gasteiger charge is -2.33. The van der Waals surface area contributed by atoms with E-state index in [1.165, 1.54) is 13.8 Å². The van der Waals surface area contributed by atoms with Crippen LogP contribution in [0.25, 0.3) is 11.0 Å². The van der Waals surface area contributed by atoms with E-state index in [-0.39, 0.29) is 34.4 Å². The van der Waals surface area contributed by atoms with E-state index in [2.05, 4.69) is 4.99 Å². The third kappa shape index (κ3) is 3.57. The third-order valence-electron chi connectivity index (χ3n) is 6.19. The topological polar surface area (TPSA) is 85.9 Å². The highest BCUT2D eigenvalue weighted by Gasteiger charge is 2.42.